The van der Waals surface area contributed by atoms with E-state index in [9.17, 15) is 9.59 Å². The third kappa shape index (κ3) is 2.41. The van der Waals surface area contributed by atoms with E-state index in [0.717, 1.165) is 0 Å². The van der Waals surface area contributed by atoms with Crippen molar-refractivity contribution < 1.29 is 14.3 Å². The third-order valence-electron chi connectivity index (χ3n) is 4.17. The lowest BCUT2D eigenvalue weighted by molar-refractivity contribution is -0.117. The van der Waals surface area contributed by atoms with Gasteiger partial charge < -0.3 is 10.1 Å². The number of hydrogen-bond donors (Lipinski definition) is 1. The van der Waals surface area contributed by atoms with Gasteiger partial charge in [-0.2, -0.15) is 5.10 Å². The number of benzene rings is 1. The molecule has 2 amide bonds. The summed E-state index contributed by atoms with van der Waals surface area (Å²) in [5.74, 6) is -0.122. The molecular formula is C16H17ClN4O3. The van der Waals surface area contributed by atoms with E-state index >= 15 is 0 Å². The van der Waals surface area contributed by atoms with E-state index in [1.165, 1.54) is 16.7 Å². The molecule has 1 aromatic heterocycles. The molecule has 1 aliphatic heterocycles. The van der Waals surface area contributed by atoms with Crippen LogP contribution in [-0.2, 0) is 11.8 Å². The fourth-order valence-electron chi connectivity index (χ4n) is 2.62. The number of amides is 2. The van der Waals surface area contributed by atoms with Crippen molar-refractivity contribution in [3.8, 4) is 5.75 Å². The van der Waals surface area contributed by atoms with Gasteiger partial charge in [0.25, 0.3) is 5.91 Å². The highest BCUT2D eigenvalue weighted by molar-refractivity contribution is 6.35. The lowest BCUT2D eigenvalue weighted by Gasteiger charge is -2.34. The molecule has 0 saturated heterocycles. The molecular weight excluding hydrogens is 332 g/mol. The summed E-state index contributed by atoms with van der Waals surface area (Å²) in [5, 5.41) is 7.25. The van der Waals surface area contributed by atoms with E-state index in [-0.39, 0.29) is 16.6 Å². The Labute approximate surface area is 144 Å². The van der Waals surface area contributed by atoms with Gasteiger partial charge in [0.15, 0.2) is 5.69 Å². The minimum Gasteiger partial charge on any atom is -0.497 e. The number of anilines is 2. The number of carbonyl (C=O) groups is 2. The van der Waals surface area contributed by atoms with Gasteiger partial charge >= 0.3 is 0 Å². The van der Waals surface area contributed by atoms with E-state index in [4.69, 9.17) is 16.3 Å². The van der Waals surface area contributed by atoms with Crippen LogP contribution in [0.25, 0.3) is 0 Å². The van der Waals surface area contributed by atoms with E-state index in [0.29, 0.717) is 22.8 Å². The summed E-state index contributed by atoms with van der Waals surface area (Å²) in [5.41, 5.74) is 1.88. The number of nitrogens with zero attached hydrogens (tertiary/aromatic N) is 3. The quantitative estimate of drug-likeness (QED) is 0.904. The second kappa shape index (κ2) is 5.83. The highest BCUT2D eigenvalue weighted by atomic mass is 35.5. The molecule has 0 bridgehead atoms. The van der Waals surface area contributed by atoms with Gasteiger partial charge in [-0.25, -0.2) is 0 Å². The minimum atomic E-state index is -0.699. The molecule has 1 aliphatic rings. The first-order chi connectivity index (χ1) is 11.3. The Kier molecular flexibility index (Phi) is 3.96. The van der Waals surface area contributed by atoms with Crippen LogP contribution < -0.4 is 15.0 Å². The Morgan fingerprint density at radius 1 is 1.42 bits per heavy atom. The molecule has 8 heteroatoms. The first-order valence-electron chi connectivity index (χ1n) is 7.36. The number of fused-ring (bicyclic) bond motifs is 1. The molecule has 3 rings (SSSR count). The topological polar surface area (TPSA) is 76.5 Å². The Morgan fingerprint density at radius 3 is 2.71 bits per heavy atom. The largest absolute Gasteiger partial charge is 0.497 e. The zero-order chi connectivity index (χ0) is 17.6. The highest BCUT2D eigenvalue weighted by Crippen LogP contribution is 2.36. The first kappa shape index (κ1) is 16.3. The van der Waals surface area contributed by atoms with E-state index in [1.807, 2.05) is 0 Å². The van der Waals surface area contributed by atoms with Crippen molar-refractivity contribution in [1.82, 2.24) is 9.78 Å². The maximum absolute atomic E-state index is 13.0. The van der Waals surface area contributed by atoms with Gasteiger partial charge in [-0.05, 0) is 26.0 Å². The number of halogens is 1. The van der Waals surface area contributed by atoms with Crippen molar-refractivity contribution in [2.75, 3.05) is 17.3 Å². The number of aromatic nitrogens is 2. The smallest absolute Gasteiger partial charge is 0.281 e. The molecule has 126 valence electrons. The molecule has 0 radical (unpaired) electrons. The number of hydrogen-bond acceptors (Lipinski definition) is 4. The number of ether oxygens (including phenoxy) is 1. The summed E-state index contributed by atoms with van der Waals surface area (Å²) in [4.78, 5) is 26.7. The molecule has 1 aromatic carbocycles. The van der Waals surface area contributed by atoms with Crippen LogP contribution in [-0.4, -0.2) is 34.7 Å². The van der Waals surface area contributed by atoms with Crippen LogP contribution in [0.4, 0.5) is 11.4 Å². The summed E-state index contributed by atoms with van der Waals surface area (Å²) < 4.78 is 6.77. The molecule has 1 N–H and O–H groups in total. The normalized spacial score (nSPS) is 16.6. The van der Waals surface area contributed by atoms with Crippen LogP contribution in [0.15, 0.2) is 18.2 Å². The SMILES string of the molecule is COc1ccc2c(c1)N(C(=O)c1nn(C)c(C)c1Cl)[C@H](C)C(=O)N2. The zero-order valence-corrected chi connectivity index (χ0v) is 14.5. The average Bonchev–Trinajstić information content (AvgIpc) is 2.82. The van der Waals surface area contributed by atoms with E-state index in [1.54, 1.807) is 39.1 Å². The highest BCUT2D eigenvalue weighted by Gasteiger charge is 2.36. The van der Waals surface area contributed by atoms with Crippen molar-refractivity contribution in [2.24, 2.45) is 7.05 Å². The number of rotatable bonds is 2. The van der Waals surface area contributed by atoms with Gasteiger partial charge in [0, 0.05) is 13.1 Å². The van der Waals surface area contributed by atoms with Gasteiger partial charge in [-0.1, -0.05) is 11.6 Å². The second-order valence-corrected chi connectivity index (χ2v) is 5.97. The maximum Gasteiger partial charge on any atom is 0.281 e. The Balaban J connectivity index is 2.13. The maximum atomic E-state index is 13.0. The van der Waals surface area contributed by atoms with Crippen molar-refractivity contribution in [1.29, 1.82) is 0 Å². The molecule has 0 saturated carbocycles. The van der Waals surface area contributed by atoms with Crippen molar-refractivity contribution in [3.05, 3.63) is 34.6 Å². The number of carbonyl (C=O) groups excluding carboxylic acids is 2. The van der Waals surface area contributed by atoms with Crippen LogP contribution in [0.5, 0.6) is 5.75 Å². The number of methoxy groups -OCH3 is 1. The first-order valence-corrected chi connectivity index (χ1v) is 7.74. The number of aryl methyl sites for hydroxylation is 1. The van der Waals surface area contributed by atoms with Crippen LogP contribution >= 0.6 is 11.6 Å². The van der Waals surface area contributed by atoms with Crippen LogP contribution in [0.2, 0.25) is 5.02 Å². The third-order valence-corrected chi connectivity index (χ3v) is 4.62. The molecule has 7 nitrogen and oxygen atoms in total. The molecule has 0 spiro atoms. The Morgan fingerprint density at radius 2 is 2.12 bits per heavy atom. The van der Waals surface area contributed by atoms with Crippen LogP contribution in [0.1, 0.15) is 23.1 Å². The zero-order valence-electron chi connectivity index (χ0n) is 13.8. The molecule has 2 heterocycles. The summed E-state index contributed by atoms with van der Waals surface area (Å²) in [6.07, 6.45) is 0. The molecule has 0 unspecified atom stereocenters. The summed E-state index contributed by atoms with van der Waals surface area (Å²) >= 11 is 6.24. The molecule has 24 heavy (non-hydrogen) atoms. The minimum absolute atomic E-state index is 0.118. The average molecular weight is 349 g/mol. The van der Waals surface area contributed by atoms with Crippen LogP contribution in [0.3, 0.4) is 0 Å². The van der Waals surface area contributed by atoms with Crippen molar-refractivity contribution in [3.63, 3.8) is 0 Å². The lowest BCUT2D eigenvalue weighted by atomic mass is 10.1. The van der Waals surface area contributed by atoms with E-state index in [2.05, 4.69) is 10.4 Å². The van der Waals surface area contributed by atoms with Crippen molar-refractivity contribution >= 4 is 34.8 Å². The van der Waals surface area contributed by atoms with Gasteiger partial charge in [0.1, 0.15) is 11.8 Å². The molecule has 0 fully saturated rings. The van der Waals surface area contributed by atoms with Gasteiger partial charge in [-0.3, -0.25) is 19.2 Å². The summed E-state index contributed by atoms with van der Waals surface area (Å²) in [6, 6.07) is 4.42. The Hall–Kier alpha value is -2.54. The standard InChI is InChI=1S/C16H17ClN4O3/c1-8-13(17)14(19-20(8)3)16(23)21-9(2)15(22)18-11-6-5-10(24-4)7-12(11)21/h5-7,9H,1-4H3,(H,18,22)/t9-/m1/s1. The fraction of sp³-hybridized carbons (Fsp3) is 0.312. The molecule has 2 aromatic rings. The second-order valence-electron chi connectivity index (χ2n) is 5.60. The van der Waals surface area contributed by atoms with Crippen LogP contribution in [0, 0.1) is 6.92 Å². The predicted molar refractivity (Wildman–Crippen MR) is 90.9 cm³/mol. The van der Waals surface area contributed by atoms with E-state index < -0.39 is 11.9 Å². The Bertz CT molecular complexity index is 846. The summed E-state index contributed by atoms with van der Waals surface area (Å²) in [7, 11) is 3.25. The fourth-order valence-corrected chi connectivity index (χ4v) is 2.87. The summed E-state index contributed by atoms with van der Waals surface area (Å²) in [6.45, 7) is 3.43. The monoisotopic (exact) mass is 348 g/mol. The number of nitrogens with one attached hydrogen (secondary N) is 1. The van der Waals surface area contributed by atoms with Crippen molar-refractivity contribution in [2.45, 2.75) is 19.9 Å². The van der Waals surface area contributed by atoms with Gasteiger partial charge in [-0.15, -0.1) is 0 Å². The van der Waals surface area contributed by atoms with Gasteiger partial charge in [0.05, 0.1) is 29.2 Å². The van der Waals surface area contributed by atoms with Gasteiger partial charge in [0.2, 0.25) is 5.91 Å². The molecule has 0 aliphatic carbocycles. The lowest BCUT2D eigenvalue weighted by Crippen LogP contribution is -2.49. The molecule has 1 atom stereocenters. The predicted octanol–water partition coefficient (Wildman–Crippen LogP) is 2.38.